The third-order valence-electron chi connectivity index (χ3n) is 7.63. The number of halogens is 1. The molecular weight excluding hydrogens is 455 g/mol. The highest BCUT2D eigenvalue weighted by atomic mass is 32.2. The third-order valence-corrected chi connectivity index (χ3v) is 8.57. The predicted octanol–water partition coefficient (Wildman–Crippen LogP) is 4.38. The van der Waals surface area contributed by atoms with E-state index in [2.05, 4.69) is 27.0 Å². The van der Waals surface area contributed by atoms with Gasteiger partial charge in [-0.25, -0.2) is 4.39 Å². The van der Waals surface area contributed by atoms with Gasteiger partial charge >= 0.3 is 0 Å². The van der Waals surface area contributed by atoms with Crippen LogP contribution in [0.25, 0.3) is 0 Å². The van der Waals surface area contributed by atoms with Gasteiger partial charge < -0.3 is 14.8 Å². The van der Waals surface area contributed by atoms with Gasteiger partial charge in [0.1, 0.15) is 6.61 Å². The average Bonchev–Trinajstić information content (AvgIpc) is 3.65. The summed E-state index contributed by atoms with van der Waals surface area (Å²) in [5.41, 5.74) is 0. The first-order chi connectivity index (χ1) is 16.6. The van der Waals surface area contributed by atoms with E-state index >= 15 is 0 Å². The number of carbonyl (C=O) groups is 1. The molecule has 1 aromatic carbocycles. The van der Waals surface area contributed by atoms with Gasteiger partial charge in [-0.1, -0.05) is 30.3 Å². The van der Waals surface area contributed by atoms with Crippen LogP contribution in [0.15, 0.2) is 29.4 Å². The number of hydrogen-bond acceptors (Lipinski definition) is 6. The maximum atomic E-state index is 14.1. The van der Waals surface area contributed by atoms with Crippen LogP contribution < -0.4 is 10.1 Å². The Hall–Kier alpha value is -2.13. The molecule has 1 N–H and O–H groups in total. The predicted molar refractivity (Wildman–Crippen MR) is 127 cm³/mol. The number of amides is 1. The lowest BCUT2D eigenvalue weighted by atomic mass is 9.84. The van der Waals surface area contributed by atoms with E-state index in [1.807, 2.05) is 0 Å². The van der Waals surface area contributed by atoms with Gasteiger partial charge in [0.15, 0.2) is 22.5 Å². The number of benzene rings is 1. The Morgan fingerprint density at radius 2 is 2.18 bits per heavy atom. The van der Waals surface area contributed by atoms with Crippen LogP contribution in [-0.4, -0.2) is 45.7 Å². The lowest BCUT2D eigenvalue weighted by Crippen LogP contribution is -2.33. The number of ether oxygens (including phenoxy) is 2. The van der Waals surface area contributed by atoms with Crippen molar-refractivity contribution in [2.24, 2.45) is 17.8 Å². The van der Waals surface area contributed by atoms with Crippen molar-refractivity contribution >= 4 is 17.7 Å². The molecule has 34 heavy (non-hydrogen) atoms. The molecule has 7 nitrogen and oxygen atoms in total. The molecule has 1 amide bonds. The Bertz CT molecular complexity index is 996. The van der Waals surface area contributed by atoms with Crippen LogP contribution in [-0.2, 0) is 16.1 Å². The number of nitrogens with one attached hydrogen (secondary N) is 1. The molecule has 2 saturated carbocycles. The maximum Gasteiger partial charge on any atom is 0.230 e. The molecule has 1 saturated heterocycles. The topological polar surface area (TPSA) is 78.3 Å². The van der Waals surface area contributed by atoms with Crippen LogP contribution in [0.3, 0.4) is 0 Å². The smallest absolute Gasteiger partial charge is 0.230 e. The highest BCUT2D eigenvalue weighted by Crippen LogP contribution is 2.52. The molecule has 0 radical (unpaired) electrons. The molecule has 5 unspecified atom stereocenters. The van der Waals surface area contributed by atoms with Gasteiger partial charge in [0.25, 0.3) is 0 Å². The molecule has 3 fully saturated rings. The van der Waals surface area contributed by atoms with Gasteiger partial charge in [0, 0.05) is 19.2 Å². The number of carbonyl (C=O) groups excluding carboxylic acids is 1. The van der Waals surface area contributed by atoms with Crippen LogP contribution in [0, 0.1) is 23.6 Å². The molecule has 2 aliphatic carbocycles. The van der Waals surface area contributed by atoms with Crippen molar-refractivity contribution in [3.63, 3.8) is 0 Å². The maximum absolute atomic E-state index is 14.1. The lowest BCUT2D eigenvalue weighted by molar-refractivity contribution is -0.119. The molecule has 9 heteroatoms. The summed E-state index contributed by atoms with van der Waals surface area (Å²) in [6.07, 6.45) is 7.33. The first-order valence-electron chi connectivity index (χ1n) is 12.4. The van der Waals surface area contributed by atoms with E-state index in [-0.39, 0.29) is 36.2 Å². The Kier molecular flexibility index (Phi) is 7.39. The molecule has 2 aromatic rings. The summed E-state index contributed by atoms with van der Waals surface area (Å²) in [5.74, 6) is 2.83. The van der Waals surface area contributed by atoms with Gasteiger partial charge in [-0.15, -0.1) is 10.2 Å². The highest BCUT2D eigenvalue weighted by Gasteiger charge is 2.43. The summed E-state index contributed by atoms with van der Waals surface area (Å²) in [6, 6.07) is 6.58. The molecule has 184 valence electrons. The van der Waals surface area contributed by atoms with E-state index in [1.54, 1.807) is 18.2 Å². The van der Waals surface area contributed by atoms with Gasteiger partial charge in [-0.05, 0) is 68.9 Å². The zero-order chi connectivity index (χ0) is 23.5. The zero-order valence-corrected chi connectivity index (χ0v) is 20.4. The minimum atomic E-state index is -0.396. The standard InChI is InChI=1S/C25H33FN4O3S/c1-16(20-12-17-8-9-18(20)11-17)30-23(14-33-22-7-3-2-6-21(22)26)28-29-25(30)34-15-24(31)27-13-19-5-4-10-32-19/h2-3,6-7,16-20H,4-5,8-15H2,1H3,(H,27,31). The average molecular weight is 489 g/mol. The SMILES string of the molecule is CC(C1CC2CCC1C2)n1c(COc2ccccc2F)nnc1SCC(=O)NCC1CCCO1. The Morgan fingerprint density at radius 3 is 2.91 bits per heavy atom. The quantitative estimate of drug-likeness (QED) is 0.500. The van der Waals surface area contributed by atoms with Crippen molar-refractivity contribution in [3.05, 3.63) is 35.9 Å². The van der Waals surface area contributed by atoms with E-state index in [1.165, 1.54) is 43.5 Å². The normalized spacial score (nSPS) is 26.6. The van der Waals surface area contributed by atoms with Crippen LogP contribution in [0.4, 0.5) is 4.39 Å². The molecule has 5 rings (SSSR count). The van der Waals surface area contributed by atoms with E-state index in [9.17, 15) is 9.18 Å². The Morgan fingerprint density at radius 1 is 1.29 bits per heavy atom. The number of thioether (sulfide) groups is 1. The summed E-state index contributed by atoms with van der Waals surface area (Å²) >= 11 is 1.40. The Labute approximate surface area is 204 Å². The van der Waals surface area contributed by atoms with Crippen molar-refractivity contribution in [2.75, 3.05) is 18.9 Å². The summed E-state index contributed by atoms with van der Waals surface area (Å²) < 4.78 is 27.6. The first-order valence-corrected chi connectivity index (χ1v) is 13.4. The van der Waals surface area contributed by atoms with Crippen molar-refractivity contribution in [2.45, 2.75) is 69.4 Å². The summed E-state index contributed by atoms with van der Waals surface area (Å²) in [7, 11) is 0. The molecule has 5 atom stereocenters. The van der Waals surface area contributed by atoms with Crippen LogP contribution in [0.2, 0.25) is 0 Å². The second-order valence-electron chi connectivity index (χ2n) is 9.79. The zero-order valence-electron chi connectivity index (χ0n) is 19.6. The van der Waals surface area contributed by atoms with Crippen LogP contribution in [0.1, 0.15) is 57.3 Å². The van der Waals surface area contributed by atoms with Gasteiger partial charge in [0.2, 0.25) is 5.91 Å². The van der Waals surface area contributed by atoms with Crippen molar-refractivity contribution in [3.8, 4) is 5.75 Å². The largest absolute Gasteiger partial charge is 0.483 e. The van der Waals surface area contributed by atoms with Crippen molar-refractivity contribution in [1.29, 1.82) is 0 Å². The van der Waals surface area contributed by atoms with Gasteiger partial charge in [0.05, 0.1) is 11.9 Å². The minimum absolute atomic E-state index is 0.0354. The number of rotatable bonds is 10. The highest BCUT2D eigenvalue weighted by molar-refractivity contribution is 7.99. The number of hydrogen-bond donors (Lipinski definition) is 1. The fourth-order valence-corrected chi connectivity index (χ4v) is 6.78. The molecule has 3 aliphatic rings. The van der Waals surface area contributed by atoms with E-state index in [0.717, 1.165) is 36.4 Å². The number of para-hydroxylation sites is 1. The van der Waals surface area contributed by atoms with Gasteiger partial charge in [-0.2, -0.15) is 0 Å². The number of aromatic nitrogens is 3. The van der Waals surface area contributed by atoms with E-state index in [0.29, 0.717) is 18.3 Å². The van der Waals surface area contributed by atoms with Crippen LogP contribution in [0.5, 0.6) is 5.75 Å². The van der Waals surface area contributed by atoms with E-state index < -0.39 is 5.82 Å². The molecule has 1 aliphatic heterocycles. The van der Waals surface area contributed by atoms with Crippen molar-refractivity contribution < 1.29 is 18.7 Å². The number of nitrogens with zero attached hydrogens (tertiary/aromatic N) is 3. The second-order valence-corrected chi connectivity index (χ2v) is 10.7. The monoisotopic (exact) mass is 488 g/mol. The van der Waals surface area contributed by atoms with Crippen LogP contribution >= 0.6 is 11.8 Å². The molecule has 2 heterocycles. The fraction of sp³-hybridized carbons (Fsp3) is 0.640. The summed E-state index contributed by atoms with van der Waals surface area (Å²) in [4.78, 5) is 12.5. The first kappa shape index (κ1) is 23.6. The lowest BCUT2D eigenvalue weighted by Gasteiger charge is -2.30. The number of fused-ring (bicyclic) bond motifs is 2. The fourth-order valence-electron chi connectivity index (χ4n) is 5.91. The van der Waals surface area contributed by atoms with Gasteiger partial charge in [-0.3, -0.25) is 9.36 Å². The van der Waals surface area contributed by atoms with Crippen molar-refractivity contribution in [1.82, 2.24) is 20.1 Å². The Balaban J connectivity index is 1.27. The summed E-state index contributed by atoms with van der Waals surface area (Å²) in [6.45, 7) is 3.68. The minimum Gasteiger partial charge on any atom is -0.483 e. The molecule has 1 aromatic heterocycles. The van der Waals surface area contributed by atoms with E-state index in [4.69, 9.17) is 9.47 Å². The second kappa shape index (κ2) is 10.6. The summed E-state index contributed by atoms with van der Waals surface area (Å²) in [5, 5.41) is 12.5. The molecular formula is C25H33FN4O3S. The molecule has 0 spiro atoms. The third kappa shape index (κ3) is 5.25. The molecule has 2 bridgehead atoms.